The molecule has 0 N–H and O–H groups in total. The van der Waals surface area contributed by atoms with Crippen LogP contribution in [0.15, 0.2) is 29.0 Å². The van der Waals surface area contributed by atoms with Crippen LogP contribution in [0.2, 0.25) is 0 Å². The van der Waals surface area contributed by atoms with E-state index in [1.165, 1.54) is 10.6 Å². The van der Waals surface area contributed by atoms with E-state index in [9.17, 15) is 13.6 Å². The van der Waals surface area contributed by atoms with E-state index in [2.05, 4.69) is 9.98 Å². The topological polar surface area (TPSA) is 59.7 Å². The highest BCUT2D eigenvalue weighted by Crippen LogP contribution is 2.23. The van der Waals surface area contributed by atoms with Crippen LogP contribution in [-0.4, -0.2) is 52.2 Å². The van der Waals surface area contributed by atoms with Crippen molar-refractivity contribution in [2.24, 2.45) is 12.0 Å². The van der Waals surface area contributed by atoms with Gasteiger partial charge in [0.25, 0.3) is 0 Å². The molecule has 2 aliphatic heterocycles. The van der Waals surface area contributed by atoms with Gasteiger partial charge in [-0.2, -0.15) is 0 Å². The number of ether oxygens (including phenoxy) is 1. The first kappa shape index (κ1) is 16.8. The molecule has 1 fully saturated rings. The molecule has 0 amide bonds. The largest absolute Gasteiger partial charge is 0.378 e. The van der Waals surface area contributed by atoms with Gasteiger partial charge in [-0.15, -0.1) is 0 Å². The van der Waals surface area contributed by atoms with Gasteiger partial charge in [0.2, 0.25) is 0 Å². The minimum atomic E-state index is -0.917. The lowest BCUT2D eigenvalue weighted by Gasteiger charge is -2.30. The number of benzene rings is 1. The quantitative estimate of drug-likeness (QED) is 0.840. The van der Waals surface area contributed by atoms with Gasteiger partial charge >= 0.3 is 0 Å². The number of rotatable bonds is 3. The van der Waals surface area contributed by atoms with Crippen LogP contribution in [0.3, 0.4) is 0 Å². The Bertz CT molecular complexity index is 942. The maximum Gasteiger partial charge on any atom is 0.184 e. The zero-order chi connectivity index (χ0) is 18.3. The summed E-state index contributed by atoms with van der Waals surface area (Å²) in [6, 6.07) is 2.51. The van der Waals surface area contributed by atoms with Crippen molar-refractivity contribution in [1.29, 1.82) is 0 Å². The average molecular weight is 360 g/mol. The Hall–Kier alpha value is -2.61. The third-order valence-electron chi connectivity index (χ3n) is 4.66. The number of aliphatic imine (C=N–C) groups is 1. The lowest BCUT2D eigenvalue weighted by molar-refractivity contribution is -0.113. The van der Waals surface area contributed by atoms with Crippen molar-refractivity contribution in [3.05, 3.63) is 41.5 Å². The van der Waals surface area contributed by atoms with Gasteiger partial charge in [-0.25, -0.2) is 18.8 Å². The van der Waals surface area contributed by atoms with Gasteiger partial charge in [0.05, 0.1) is 18.7 Å². The molecular formula is C18H18F2N4O2. The van der Waals surface area contributed by atoms with Gasteiger partial charge in [0.15, 0.2) is 17.4 Å². The van der Waals surface area contributed by atoms with E-state index < -0.39 is 11.6 Å². The fourth-order valence-corrected chi connectivity index (χ4v) is 3.31. The number of allylic oxidation sites excluding steroid dienone is 1. The summed E-state index contributed by atoms with van der Waals surface area (Å²) < 4.78 is 34.4. The lowest BCUT2D eigenvalue weighted by atomic mass is 10.1. The van der Waals surface area contributed by atoms with Crippen molar-refractivity contribution in [2.75, 3.05) is 26.3 Å². The summed E-state index contributed by atoms with van der Waals surface area (Å²) in [5.41, 5.74) is 1.16. The molecule has 8 heteroatoms. The van der Waals surface area contributed by atoms with Crippen LogP contribution < -0.4 is 0 Å². The van der Waals surface area contributed by atoms with E-state index in [4.69, 9.17) is 4.74 Å². The molecule has 2 aliphatic rings. The second-order valence-corrected chi connectivity index (χ2v) is 6.42. The van der Waals surface area contributed by atoms with Crippen molar-refractivity contribution < 1.29 is 18.3 Å². The molecule has 0 saturated carbocycles. The SMILES string of the molecule is Cn1c(CC2=NC(N3CCOCC3)=CC(=O)C2)nc2ccc(F)c(F)c21. The molecule has 136 valence electrons. The Labute approximate surface area is 148 Å². The number of imidazole rings is 1. The Morgan fingerprint density at radius 3 is 2.77 bits per heavy atom. The van der Waals surface area contributed by atoms with Gasteiger partial charge < -0.3 is 14.2 Å². The van der Waals surface area contributed by atoms with E-state index in [1.807, 2.05) is 4.90 Å². The fourth-order valence-electron chi connectivity index (χ4n) is 3.31. The van der Waals surface area contributed by atoms with Gasteiger partial charge in [-0.3, -0.25) is 4.79 Å². The van der Waals surface area contributed by atoms with Crippen molar-refractivity contribution in [3.63, 3.8) is 0 Å². The van der Waals surface area contributed by atoms with E-state index in [1.54, 1.807) is 13.1 Å². The smallest absolute Gasteiger partial charge is 0.184 e. The van der Waals surface area contributed by atoms with Gasteiger partial charge in [-0.1, -0.05) is 0 Å². The highest BCUT2D eigenvalue weighted by atomic mass is 19.2. The predicted molar refractivity (Wildman–Crippen MR) is 91.9 cm³/mol. The molecule has 2 aromatic rings. The molecule has 0 unspecified atom stereocenters. The molecule has 3 heterocycles. The maximum absolute atomic E-state index is 14.1. The minimum absolute atomic E-state index is 0.0209. The molecule has 6 nitrogen and oxygen atoms in total. The zero-order valence-corrected chi connectivity index (χ0v) is 14.3. The van der Waals surface area contributed by atoms with Crippen LogP contribution in [-0.2, 0) is 23.0 Å². The third-order valence-corrected chi connectivity index (χ3v) is 4.66. The monoisotopic (exact) mass is 360 g/mol. The maximum atomic E-state index is 14.1. The first-order valence-corrected chi connectivity index (χ1v) is 8.46. The molecule has 0 atom stereocenters. The summed E-state index contributed by atoms with van der Waals surface area (Å²) in [4.78, 5) is 23.1. The Morgan fingerprint density at radius 2 is 2.00 bits per heavy atom. The fraction of sp³-hybridized carbons (Fsp3) is 0.389. The Morgan fingerprint density at radius 1 is 1.23 bits per heavy atom. The summed E-state index contributed by atoms with van der Waals surface area (Å²) in [5, 5.41) is 0. The van der Waals surface area contributed by atoms with Gasteiger partial charge in [0.1, 0.15) is 17.2 Å². The second kappa shape index (κ2) is 6.60. The zero-order valence-electron chi connectivity index (χ0n) is 14.3. The molecule has 1 aromatic heterocycles. The summed E-state index contributed by atoms with van der Waals surface area (Å²) in [6.45, 7) is 2.58. The number of carbonyl (C=O) groups excluding carboxylic acids is 1. The molecule has 0 aliphatic carbocycles. The van der Waals surface area contributed by atoms with Crippen molar-refractivity contribution in [2.45, 2.75) is 12.8 Å². The first-order valence-electron chi connectivity index (χ1n) is 8.46. The number of morpholine rings is 1. The van der Waals surface area contributed by atoms with E-state index in [0.29, 0.717) is 55.6 Å². The molecule has 1 saturated heterocycles. The molecule has 26 heavy (non-hydrogen) atoms. The van der Waals surface area contributed by atoms with Crippen LogP contribution in [0.1, 0.15) is 12.2 Å². The van der Waals surface area contributed by atoms with E-state index in [0.717, 1.165) is 6.07 Å². The molecule has 0 spiro atoms. The number of nitrogens with zero attached hydrogens (tertiary/aromatic N) is 4. The number of hydrogen-bond donors (Lipinski definition) is 0. The summed E-state index contributed by atoms with van der Waals surface area (Å²) in [7, 11) is 1.64. The highest BCUT2D eigenvalue weighted by Gasteiger charge is 2.22. The normalized spacial score (nSPS) is 18.3. The Balaban J connectivity index is 1.64. The number of aromatic nitrogens is 2. The molecule has 0 bridgehead atoms. The lowest BCUT2D eigenvalue weighted by Crippen LogP contribution is -2.36. The number of ketones is 1. The van der Waals surface area contributed by atoms with Crippen molar-refractivity contribution in [1.82, 2.24) is 14.5 Å². The number of aryl methyl sites for hydroxylation is 1. The highest BCUT2D eigenvalue weighted by molar-refractivity contribution is 6.09. The Kier molecular flexibility index (Phi) is 4.28. The van der Waals surface area contributed by atoms with Gasteiger partial charge in [-0.05, 0) is 12.1 Å². The third kappa shape index (κ3) is 3.01. The van der Waals surface area contributed by atoms with Crippen LogP contribution in [0.4, 0.5) is 8.78 Å². The van der Waals surface area contributed by atoms with Crippen molar-refractivity contribution in [3.8, 4) is 0 Å². The van der Waals surface area contributed by atoms with E-state index >= 15 is 0 Å². The number of halogens is 2. The van der Waals surface area contributed by atoms with Crippen LogP contribution in [0, 0.1) is 11.6 Å². The van der Waals surface area contributed by atoms with Crippen LogP contribution in [0.25, 0.3) is 11.0 Å². The molecular weight excluding hydrogens is 342 g/mol. The van der Waals surface area contributed by atoms with Gasteiger partial charge in [0, 0.05) is 44.8 Å². The average Bonchev–Trinajstić information content (AvgIpc) is 2.95. The van der Waals surface area contributed by atoms with Crippen LogP contribution in [0.5, 0.6) is 0 Å². The molecule has 4 rings (SSSR count). The second-order valence-electron chi connectivity index (χ2n) is 6.42. The summed E-state index contributed by atoms with van der Waals surface area (Å²) in [6.07, 6.45) is 2.06. The van der Waals surface area contributed by atoms with E-state index in [-0.39, 0.29) is 17.7 Å². The minimum Gasteiger partial charge on any atom is -0.378 e. The first-order chi connectivity index (χ1) is 12.5. The number of fused-ring (bicyclic) bond motifs is 1. The number of carbonyl (C=O) groups is 1. The summed E-state index contributed by atoms with van der Waals surface area (Å²) >= 11 is 0. The standard InChI is InChI=1S/C18H18F2N4O2/c1-23-15(22-14-3-2-13(19)17(20)18(14)23)9-11-8-12(25)10-16(21-11)24-4-6-26-7-5-24/h2-3,10H,4-9H2,1H3. The predicted octanol–water partition coefficient (Wildman–Crippen LogP) is 1.98. The molecule has 1 aromatic carbocycles. The summed E-state index contributed by atoms with van der Waals surface area (Å²) in [5.74, 6) is -0.670. The van der Waals surface area contributed by atoms with Crippen molar-refractivity contribution >= 4 is 22.5 Å². The molecule has 0 radical (unpaired) electrons. The number of hydrogen-bond acceptors (Lipinski definition) is 5. The van der Waals surface area contributed by atoms with Crippen LogP contribution >= 0.6 is 0 Å².